The van der Waals surface area contributed by atoms with Gasteiger partial charge in [0.05, 0.1) is 61.4 Å². The molecule has 0 N–H and O–H groups in total. The Bertz CT molecular complexity index is 9470. The Balaban J connectivity index is 0.000000115. The van der Waals surface area contributed by atoms with E-state index in [0.717, 1.165) is 111 Å². The van der Waals surface area contributed by atoms with Gasteiger partial charge in [0.2, 0.25) is 5.95 Å². The monoisotopic (exact) mass is 1920 g/mol. The minimum absolute atomic E-state index is 0.514. The van der Waals surface area contributed by atoms with Crippen LogP contribution in [0.1, 0.15) is 27.8 Å². The lowest BCUT2D eigenvalue weighted by atomic mass is 9.67. The Labute approximate surface area is 862 Å². The van der Waals surface area contributed by atoms with E-state index in [0.29, 0.717) is 46.5 Å². The molecular formula is C136H90N12Si. The molecular weight excluding hydrogens is 1830 g/mol. The van der Waals surface area contributed by atoms with Crippen molar-refractivity contribution in [2.75, 3.05) is 0 Å². The van der Waals surface area contributed by atoms with Crippen LogP contribution >= 0.6 is 0 Å². The first-order valence-corrected chi connectivity index (χ1v) is 52.2. The number of hydrogen-bond acceptors (Lipinski definition) is 9. The van der Waals surface area contributed by atoms with Crippen LogP contribution in [-0.2, 0) is 5.41 Å². The standard InChI is InChI=1S/C51H36N4Si.C51H33N3.C34H21N5/c1-6-18-37(19-7-1)49-52-50(38-20-8-2-9-21-38)54-51(53-49)39-30-32-40(33-31-39)55-47-29-17-16-28-45(47)46-36-44(34-35-48(46)55)56(41-22-10-3-11-23-41,42-24-12-4-13-25-42)43-26-14-5-15-27-43;1-4-16-34(17-5-1)35-28-30-36(31-29-35)49-41-24-11-14-26-46(41)52-50(53-49)54-47-27-15-12-23-40(47)43-32-42-39-22-10-13-25-44(39)51(45(42)33-48(43)54,37-18-6-2-7-19-37)38-20-8-3-9-21-38;35-22-23-15-20-31-29(21-23)28-13-7-8-14-30(28)39(31)27-18-16-26(17-19-27)34-37-32(24-9-3-1-4-10-24)36-33(38-34)25-11-5-2-6-12-25/h1-36H;1-33H;1-21H. The Morgan fingerprint density at radius 2 is 0.523 bits per heavy atom. The molecule has 28 rings (SSSR count). The third-order valence-corrected chi connectivity index (χ3v) is 33.8. The fourth-order valence-electron chi connectivity index (χ4n) is 22.2. The first-order valence-electron chi connectivity index (χ1n) is 50.2. The molecule has 21 aromatic carbocycles. The molecule has 0 fully saturated rings. The van der Waals surface area contributed by atoms with E-state index in [1.807, 2.05) is 152 Å². The molecule has 13 heteroatoms. The van der Waals surface area contributed by atoms with Crippen LogP contribution in [0.5, 0.6) is 0 Å². The number of hydrogen-bond donors (Lipinski definition) is 0. The van der Waals surface area contributed by atoms with Crippen LogP contribution in [0.2, 0.25) is 0 Å². The van der Waals surface area contributed by atoms with E-state index in [-0.39, 0.29) is 0 Å². The average molecular weight is 1920 g/mol. The zero-order valence-corrected chi connectivity index (χ0v) is 81.8. The molecule has 0 amide bonds. The molecule has 0 spiro atoms. The number of aromatic nitrogens is 11. The minimum atomic E-state index is -2.71. The Morgan fingerprint density at radius 3 is 0.960 bits per heavy atom. The highest BCUT2D eigenvalue weighted by molar-refractivity contribution is 7.20. The predicted molar refractivity (Wildman–Crippen MR) is 611 cm³/mol. The summed E-state index contributed by atoms with van der Waals surface area (Å²) in [5.41, 5.74) is 27.3. The third-order valence-electron chi connectivity index (χ3n) is 29.0. The fourth-order valence-corrected chi connectivity index (χ4v) is 27.0. The van der Waals surface area contributed by atoms with Gasteiger partial charge < -0.3 is 9.13 Å². The molecule has 0 atom stereocenters. The number of fused-ring (bicyclic) bond motifs is 13. The number of nitrogens with zero attached hydrogens (tertiary/aromatic N) is 12. The van der Waals surface area contributed by atoms with E-state index in [2.05, 4.69) is 414 Å². The van der Waals surface area contributed by atoms with Gasteiger partial charge in [-0.05, 0) is 174 Å². The Morgan fingerprint density at radius 1 is 0.201 bits per heavy atom. The van der Waals surface area contributed by atoms with Crippen LogP contribution in [0.25, 0.3) is 195 Å². The summed E-state index contributed by atoms with van der Waals surface area (Å²) in [5.74, 6) is 4.49. The highest BCUT2D eigenvalue weighted by Crippen LogP contribution is 2.58. The second kappa shape index (κ2) is 38.4. The Hall–Kier alpha value is -19.9. The predicted octanol–water partition coefficient (Wildman–Crippen LogP) is 29.6. The SMILES string of the molecule is N#Cc1ccc2c(c1)c1ccccc1n2-c1ccc(-c2nc(-c3ccccc3)nc(-c3ccccc3)n2)cc1.c1ccc(-c2ccc(-c3nc(-n4c5ccccc5c5cc6c(cc54)C(c4ccccc4)(c4ccccc4)c4ccccc4-6)nc4ccccc34)cc2)cc1.c1ccc(-c2nc(-c3ccccc3)nc(-c3ccc(-n4c5ccccc5c5cc([Si](c6ccccc6)(c6ccccc6)c6ccccc6)ccc54)cc3)n2)cc1. The zero-order chi connectivity index (χ0) is 99.1. The molecule has 0 bridgehead atoms. The lowest BCUT2D eigenvalue weighted by Gasteiger charge is -2.34. The van der Waals surface area contributed by atoms with E-state index >= 15 is 0 Å². The molecule has 27 aromatic rings. The number of rotatable bonds is 17. The van der Waals surface area contributed by atoms with Crippen LogP contribution in [0.15, 0.2) is 546 Å². The van der Waals surface area contributed by atoms with Crippen LogP contribution < -0.4 is 20.7 Å². The van der Waals surface area contributed by atoms with Gasteiger partial charge in [-0.25, -0.2) is 39.9 Å². The molecule has 1 aliphatic rings. The summed E-state index contributed by atoms with van der Waals surface area (Å²) < 4.78 is 6.89. The molecule has 0 aliphatic heterocycles. The molecule has 6 aromatic heterocycles. The van der Waals surface area contributed by atoms with Crippen LogP contribution in [0.3, 0.4) is 0 Å². The second-order valence-electron chi connectivity index (χ2n) is 37.4. The van der Waals surface area contributed by atoms with Gasteiger partial charge in [0, 0.05) is 88.0 Å². The summed E-state index contributed by atoms with van der Waals surface area (Å²) in [6.07, 6.45) is 0. The number of nitriles is 1. The van der Waals surface area contributed by atoms with E-state index < -0.39 is 13.5 Å². The molecule has 1 aliphatic carbocycles. The summed E-state index contributed by atoms with van der Waals surface area (Å²) in [5, 5.41) is 22.9. The maximum Gasteiger partial charge on any atom is 0.235 e. The number of para-hydroxylation sites is 4. The van der Waals surface area contributed by atoms with Gasteiger partial charge >= 0.3 is 0 Å². The van der Waals surface area contributed by atoms with Gasteiger partial charge in [-0.1, -0.05) is 437 Å². The van der Waals surface area contributed by atoms with Crippen LogP contribution in [0, 0.1) is 11.3 Å². The Kier molecular flexibility index (Phi) is 23.0. The van der Waals surface area contributed by atoms with E-state index in [1.54, 1.807) is 0 Å². The van der Waals surface area contributed by atoms with Gasteiger partial charge in [0.25, 0.3) is 0 Å². The summed E-state index contributed by atoms with van der Waals surface area (Å²) >= 11 is 0. The highest BCUT2D eigenvalue weighted by atomic mass is 28.3. The number of benzene rings is 21. The lowest BCUT2D eigenvalue weighted by Crippen LogP contribution is -2.74. The van der Waals surface area contributed by atoms with Crippen molar-refractivity contribution < 1.29 is 0 Å². The summed E-state index contributed by atoms with van der Waals surface area (Å²) in [7, 11) is -2.71. The average Bonchev–Trinajstić information content (AvgIpc) is 1.52. The van der Waals surface area contributed by atoms with Gasteiger partial charge in [0.15, 0.2) is 43.0 Å². The van der Waals surface area contributed by atoms with Crippen molar-refractivity contribution in [2.45, 2.75) is 5.41 Å². The van der Waals surface area contributed by atoms with Crippen molar-refractivity contribution in [3.8, 4) is 125 Å². The molecule has 0 unspecified atom stereocenters. The van der Waals surface area contributed by atoms with Crippen molar-refractivity contribution in [3.63, 3.8) is 0 Å². The van der Waals surface area contributed by atoms with Crippen molar-refractivity contribution in [3.05, 3.63) is 574 Å². The van der Waals surface area contributed by atoms with E-state index in [1.165, 1.54) is 86.8 Å². The molecule has 0 saturated heterocycles. The molecule has 0 radical (unpaired) electrons. The van der Waals surface area contributed by atoms with Gasteiger partial charge in [-0.15, -0.1) is 0 Å². The topological polar surface area (TPSA) is 142 Å². The smallest absolute Gasteiger partial charge is 0.235 e. The maximum absolute atomic E-state index is 9.44. The van der Waals surface area contributed by atoms with E-state index in [4.69, 9.17) is 39.9 Å². The third kappa shape index (κ3) is 16.0. The van der Waals surface area contributed by atoms with Crippen LogP contribution in [-0.4, -0.2) is 61.6 Å². The summed E-state index contributed by atoms with van der Waals surface area (Å²) in [6, 6.07) is 195. The highest BCUT2D eigenvalue weighted by Gasteiger charge is 2.47. The quantitative estimate of drug-likeness (QED) is 0.0643. The maximum atomic E-state index is 9.44. The molecule has 149 heavy (non-hydrogen) atoms. The van der Waals surface area contributed by atoms with Gasteiger partial charge in [-0.2, -0.15) is 5.26 Å². The molecule has 12 nitrogen and oxygen atoms in total. The van der Waals surface area contributed by atoms with Crippen molar-refractivity contribution in [1.29, 1.82) is 5.26 Å². The normalized spacial score (nSPS) is 11.9. The second-order valence-corrected chi connectivity index (χ2v) is 41.2. The van der Waals surface area contributed by atoms with Crippen molar-refractivity contribution >= 4 is 105 Å². The zero-order valence-electron chi connectivity index (χ0n) is 80.8. The first-order chi connectivity index (χ1) is 73.8. The van der Waals surface area contributed by atoms with Crippen molar-refractivity contribution in [1.82, 2.24) is 53.6 Å². The summed E-state index contributed by atoms with van der Waals surface area (Å²) in [4.78, 5) is 40.1. The van der Waals surface area contributed by atoms with Crippen molar-refractivity contribution in [2.24, 2.45) is 0 Å². The largest absolute Gasteiger partial charge is 0.309 e. The fraction of sp³-hybridized carbons (Fsp3) is 0.00735. The van der Waals surface area contributed by atoms with Crippen LogP contribution in [0.4, 0.5) is 0 Å². The molecule has 698 valence electrons. The van der Waals surface area contributed by atoms with E-state index in [9.17, 15) is 5.26 Å². The first kappa shape index (κ1) is 89.2. The molecule has 6 heterocycles. The minimum Gasteiger partial charge on any atom is -0.309 e. The lowest BCUT2D eigenvalue weighted by molar-refractivity contribution is 0.769. The van der Waals surface area contributed by atoms with Gasteiger partial charge in [-0.3, -0.25) is 4.57 Å². The van der Waals surface area contributed by atoms with Gasteiger partial charge in [0.1, 0.15) is 0 Å². The summed E-state index contributed by atoms with van der Waals surface area (Å²) in [6.45, 7) is 0. The molecule has 0 saturated carbocycles.